The molecule has 2 heterocycles. The molecule has 1 amide bonds. The standard InChI is InChI=1S/C19H20N4O/c24-18-13-21-19(14-4-2-1-3-5-14)16-7-6-15(12-17(16)22-18)23-10-8-20-9-11-23/h1-7,12,20H,8-11,13H2,(H,22,24). The highest BCUT2D eigenvalue weighted by Crippen LogP contribution is 2.28. The fourth-order valence-corrected chi connectivity index (χ4v) is 3.23. The largest absolute Gasteiger partial charge is 0.369 e. The van der Waals surface area contributed by atoms with Crippen molar-refractivity contribution in [3.8, 4) is 0 Å². The minimum atomic E-state index is -0.0698. The first-order valence-electron chi connectivity index (χ1n) is 8.31. The SMILES string of the molecule is O=C1CN=C(c2ccccc2)c2ccc(N3CCNCC3)cc2N1. The van der Waals surface area contributed by atoms with Gasteiger partial charge in [-0.1, -0.05) is 30.3 Å². The molecule has 2 aromatic carbocycles. The summed E-state index contributed by atoms with van der Waals surface area (Å²) in [6, 6.07) is 16.3. The summed E-state index contributed by atoms with van der Waals surface area (Å²) in [5, 5.41) is 6.37. The molecule has 1 fully saturated rings. The van der Waals surface area contributed by atoms with Gasteiger partial charge in [0.2, 0.25) is 5.91 Å². The van der Waals surface area contributed by atoms with E-state index in [1.165, 1.54) is 0 Å². The van der Waals surface area contributed by atoms with Crippen LogP contribution in [0.4, 0.5) is 11.4 Å². The second-order valence-corrected chi connectivity index (χ2v) is 6.05. The van der Waals surface area contributed by atoms with Crippen LogP contribution in [-0.4, -0.2) is 44.3 Å². The van der Waals surface area contributed by atoms with Crippen LogP contribution in [0.25, 0.3) is 0 Å². The van der Waals surface area contributed by atoms with Crippen molar-refractivity contribution >= 4 is 23.0 Å². The average Bonchev–Trinajstić information content (AvgIpc) is 2.80. The van der Waals surface area contributed by atoms with Gasteiger partial charge in [-0.15, -0.1) is 0 Å². The first-order valence-corrected chi connectivity index (χ1v) is 8.31. The van der Waals surface area contributed by atoms with E-state index in [1.807, 2.05) is 30.3 Å². The van der Waals surface area contributed by atoms with Crippen LogP contribution in [0, 0.1) is 0 Å². The number of anilines is 2. The van der Waals surface area contributed by atoms with Crippen LogP contribution in [0.15, 0.2) is 53.5 Å². The average molecular weight is 320 g/mol. The Morgan fingerprint density at radius 1 is 1.00 bits per heavy atom. The second kappa shape index (κ2) is 6.45. The summed E-state index contributed by atoms with van der Waals surface area (Å²) in [6.45, 7) is 4.08. The third-order valence-electron chi connectivity index (χ3n) is 4.44. The Hall–Kier alpha value is -2.66. The van der Waals surface area contributed by atoms with Gasteiger partial charge >= 0.3 is 0 Å². The van der Waals surface area contributed by atoms with E-state index in [1.54, 1.807) is 0 Å². The molecule has 2 aromatic rings. The lowest BCUT2D eigenvalue weighted by Gasteiger charge is -2.30. The summed E-state index contributed by atoms with van der Waals surface area (Å²) >= 11 is 0. The number of carbonyl (C=O) groups excluding carboxylic acids is 1. The normalized spacial score (nSPS) is 17.6. The Balaban J connectivity index is 1.75. The summed E-state index contributed by atoms with van der Waals surface area (Å²) in [5.74, 6) is -0.0698. The van der Waals surface area contributed by atoms with Crippen LogP contribution in [0.1, 0.15) is 11.1 Å². The van der Waals surface area contributed by atoms with E-state index in [4.69, 9.17) is 0 Å². The number of aliphatic imine (C=N–C) groups is 1. The van der Waals surface area contributed by atoms with Gasteiger partial charge in [0.1, 0.15) is 6.54 Å². The van der Waals surface area contributed by atoms with Gasteiger partial charge in [0.15, 0.2) is 0 Å². The van der Waals surface area contributed by atoms with Crippen molar-refractivity contribution in [3.63, 3.8) is 0 Å². The van der Waals surface area contributed by atoms with Crippen molar-refractivity contribution in [2.45, 2.75) is 0 Å². The number of nitrogens with one attached hydrogen (secondary N) is 2. The van der Waals surface area contributed by atoms with E-state index >= 15 is 0 Å². The Morgan fingerprint density at radius 2 is 1.79 bits per heavy atom. The minimum absolute atomic E-state index is 0.0698. The van der Waals surface area contributed by atoms with Crippen LogP contribution >= 0.6 is 0 Å². The Labute approximate surface area is 141 Å². The Kier molecular flexibility index (Phi) is 4.01. The summed E-state index contributed by atoms with van der Waals surface area (Å²) in [5.41, 5.74) is 4.87. The molecule has 0 aromatic heterocycles. The Morgan fingerprint density at radius 3 is 2.58 bits per heavy atom. The monoisotopic (exact) mass is 320 g/mol. The zero-order valence-corrected chi connectivity index (χ0v) is 13.5. The molecule has 0 unspecified atom stereocenters. The smallest absolute Gasteiger partial charge is 0.246 e. The third kappa shape index (κ3) is 2.90. The van der Waals surface area contributed by atoms with E-state index in [0.29, 0.717) is 0 Å². The molecule has 122 valence electrons. The van der Waals surface area contributed by atoms with Gasteiger partial charge in [-0.25, -0.2) is 0 Å². The highest BCUT2D eigenvalue weighted by atomic mass is 16.1. The highest BCUT2D eigenvalue weighted by Gasteiger charge is 2.20. The number of fused-ring (bicyclic) bond motifs is 1. The molecule has 24 heavy (non-hydrogen) atoms. The summed E-state index contributed by atoms with van der Waals surface area (Å²) in [7, 11) is 0. The predicted octanol–water partition coefficient (Wildman–Crippen LogP) is 1.89. The molecule has 0 saturated carbocycles. The van der Waals surface area contributed by atoms with Crippen molar-refractivity contribution in [2.24, 2.45) is 4.99 Å². The summed E-state index contributed by atoms with van der Waals surface area (Å²) in [6.07, 6.45) is 0. The van der Waals surface area contributed by atoms with Crippen LogP contribution < -0.4 is 15.5 Å². The second-order valence-electron chi connectivity index (χ2n) is 6.05. The Bertz CT molecular complexity index is 779. The third-order valence-corrected chi connectivity index (χ3v) is 4.44. The van der Waals surface area contributed by atoms with E-state index < -0.39 is 0 Å². The lowest BCUT2D eigenvalue weighted by molar-refractivity contribution is -0.114. The summed E-state index contributed by atoms with van der Waals surface area (Å²) in [4.78, 5) is 18.9. The van der Waals surface area contributed by atoms with E-state index in [9.17, 15) is 4.79 Å². The molecule has 5 heteroatoms. The van der Waals surface area contributed by atoms with Gasteiger partial charge in [-0.2, -0.15) is 0 Å². The van der Waals surface area contributed by atoms with E-state index in [0.717, 1.165) is 54.4 Å². The molecule has 0 spiro atoms. The van der Waals surface area contributed by atoms with Crippen molar-refractivity contribution in [3.05, 3.63) is 59.7 Å². The topological polar surface area (TPSA) is 56.7 Å². The minimum Gasteiger partial charge on any atom is -0.369 e. The number of carbonyl (C=O) groups is 1. The molecule has 0 aliphatic carbocycles. The van der Waals surface area contributed by atoms with Crippen LogP contribution in [0.5, 0.6) is 0 Å². The zero-order chi connectivity index (χ0) is 16.4. The van der Waals surface area contributed by atoms with Crippen molar-refractivity contribution < 1.29 is 4.79 Å². The highest BCUT2D eigenvalue weighted by molar-refractivity contribution is 6.19. The van der Waals surface area contributed by atoms with Crippen LogP contribution in [-0.2, 0) is 4.79 Å². The van der Waals surface area contributed by atoms with Crippen molar-refractivity contribution in [1.29, 1.82) is 0 Å². The maximum absolute atomic E-state index is 12.1. The predicted molar refractivity (Wildman–Crippen MR) is 97.1 cm³/mol. The first kappa shape index (κ1) is 14.9. The van der Waals surface area contributed by atoms with Gasteiger partial charge in [-0.3, -0.25) is 9.79 Å². The molecule has 4 rings (SSSR count). The van der Waals surface area contributed by atoms with E-state index in [-0.39, 0.29) is 12.5 Å². The van der Waals surface area contributed by atoms with Gasteiger partial charge in [-0.05, 0) is 18.2 Å². The molecule has 2 N–H and O–H groups in total. The molecule has 0 bridgehead atoms. The molecule has 2 aliphatic heterocycles. The van der Waals surface area contributed by atoms with Crippen LogP contribution in [0.2, 0.25) is 0 Å². The van der Waals surface area contributed by atoms with Crippen molar-refractivity contribution in [1.82, 2.24) is 5.32 Å². The molecule has 0 radical (unpaired) electrons. The number of piperazine rings is 1. The number of benzene rings is 2. The quantitative estimate of drug-likeness (QED) is 0.888. The lowest BCUT2D eigenvalue weighted by Crippen LogP contribution is -2.43. The zero-order valence-electron chi connectivity index (χ0n) is 13.5. The lowest BCUT2D eigenvalue weighted by atomic mass is 10.00. The fraction of sp³-hybridized carbons (Fsp3) is 0.263. The molecule has 5 nitrogen and oxygen atoms in total. The van der Waals surface area contributed by atoms with Gasteiger partial charge < -0.3 is 15.5 Å². The maximum Gasteiger partial charge on any atom is 0.246 e. The number of hydrogen-bond donors (Lipinski definition) is 2. The maximum atomic E-state index is 12.1. The number of rotatable bonds is 2. The molecular formula is C19H20N4O. The molecule has 0 atom stereocenters. The van der Waals surface area contributed by atoms with Gasteiger partial charge in [0.25, 0.3) is 0 Å². The number of amides is 1. The fourth-order valence-electron chi connectivity index (χ4n) is 3.23. The van der Waals surface area contributed by atoms with Crippen LogP contribution in [0.3, 0.4) is 0 Å². The summed E-state index contributed by atoms with van der Waals surface area (Å²) < 4.78 is 0. The first-order chi connectivity index (χ1) is 11.8. The molecule has 1 saturated heterocycles. The number of hydrogen-bond acceptors (Lipinski definition) is 4. The number of benzodiazepines with no additional fused rings is 1. The van der Waals surface area contributed by atoms with Crippen molar-refractivity contribution in [2.75, 3.05) is 42.9 Å². The molecular weight excluding hydrogens is 300 g/mol. The van der Waals surface area contributed by atoms with Gasteiger partial charge in [0.05, 0.1) is 11.4 Å². The number of nitrogens with zero attached hydrogens (tertiary/aromatic N) is 2. The van der Waals surface area contributed by atoms with E-state index in [2.05, 4.69) is 38.7 Å². The molecule has 2 aliphatic rings. The van der Waals surface area contributed by atoms with Gasteiger partial charge in [0, 0.05) is 43.0 Å².